The second-order valence-corrected chi connectivity index (χ2v) is 4.80. The molecular formula is C12H18N2OS. The number of rotatable bonds is 5. The molecule has 0 aliphatic rings. The van der Waals surface area contributed by atoms with E-state index < -0.39 is 0 Å². The van der Waals surface area contributed by atoms with Crippen LogP contribution in [0.25, 0.3) is 0 Å². The van der Waals surface area contributed by atoms with Gasteiger partial charge in [0.2, 0.25) is 5.91 Å². The lowest BCUT2D eigenvalue weighted by Gasteiger charge is -2.06. The Balaban J connectivity index is 2.40. The fourth-order valence-corrected chi connectivity index (χ4v) is 2.11. The zero-order valence-corrected chi connectivity index (χ0v) is 10.5. The summed E-state index contributed by atoms with van der Waals surface area (Å²) in [6.45, 7) is 1.97. The molecule has 0 radical (unpaired) electrons. The SMILES string of the molecule is CNC(=O)CCSc1ccc(C(C)N)cc1. The van der Waals surface area contributed by atoms with Gasteiger partial charge in [-0.1, -0.05) is 12.1 Å². The van der Waals surface area contributed by atoms with Crippen molar-refractivity contribution in [1.82, 2.24) is 5.32 Å². The summed E-state index contributed by atoms with van der Waals surface area (Å²) in [5.41, 5.74) is 6.90. The number of nitrogens with one attached hydrogen (secondary N) is 1. The monoisotopic (exact) mass is 238 g/mol. The minimum atomic E-state index is 0.0740. The van der Waals surface area contributed by atoms with E-state index in [0.717, 1.165) is 11.3 Å². The summed E-state index contributed by atoms with van der Waals surface area (Å²) < 4.78 is 0. The molecule has 0 saturated heterocycles. The Morgan fingerprint density at radius 1 is 1.44 bits per heavy atom. The van der Waals surface area contributed by atoms with E-state index in [1.165, 1.54) is 4.90 Å². The minimum absolute atomic E-state index is 0.0740. The highest BCUT2D eigenvalue weighted by Crippen LogP contribution is 2.20. The van der Waals surface area contributed by atoms with Crippen LogP contribution in [0.2, 0.25) is 0 Å². The van der Waals surface area contributed by atoms with Gasteiger partial charge in [0.1, 0.15) is 0 Å². The van der Waals surface area contributed by atoms with Crippen LogP contribution in [0.4, 0.5) is 0 Å². The van der Waals surface area contributed by atoms with E-state index in [2.05, 4.69) is 5.32 Å². The van der Waals surface area contributed by atoms with Crippen LogP contribution >= 0.6 is 11.8 Å². The Morgan fingerprint density at radius 3 is 2.56 bits per heavy atom. The van der Waals surface area contributed by atoms with Gasteiger partial charge in [-0.05, 0) is 24.6 Å². The first-order valence-corrected chi connectivity index (χ1v) is 6.31. The van der Waals surface area contributed by atoms with Crippen molar-refractivity contribution in [3.8, 4) is 0 Å². The van der Waals surface area contributed by atoms with Gasteiger partial charge in [0, 0.05) is 30.2 Å². The number of nitrogens with two attached hydrogens (primary N) is 1. The Bertz CT molecular complexity index is 335. The predicted molar refractivity (Wildman–Crippen MR) is 68.5 cm³/mol. The van der Waals surface area contributed by atoms with Crippen LogP contribution in [0.15, 0.2) is 29.2 Å². The van der Waals surface area contributed by atoms with Crippen LogP contribution in [0, 0.1) is 0 Å². The fourth-order valence-electron chi connectivity index (χ4n) is 1.25. The lowest BCUT2D eigenvalue weighted by atomic mass is 10.1. The summed E-state index contributed by atoms with van der Waals surface area (Å²) in [4.78, 5) is 12.2. The lowest BCUT2D eigenvalue weighted by molar-refractivity contribution is -0.120. The van der Waals surface area contributed by atoms with Crippen LogP contribution in [0.5, 0.6) is 0 Å². The van der Waals surface area contributed by atoms with Crippen molar-refractivity contribution in [2.75, 3.05) is 12.8 Å². The predicted octanol–water partition coefficient (Wildman–Crippen LogP) is 1.93. The highest BCUT2D eigenvalue weighted by Gasteiger charge is 2.01. The second-order valence-electron chi connectivity index (χ2n) is 3.63. The Hall–Kier alpha value is -1.00. The summed E-state index contributed by atoms with van der Waals surface area (Å²) in [5.74, 6) is 0.886. The van der Waals surface area contributed by atoms with Gasteiger partial charge in [-0.2, -0.15) is 0 Å². The van der Waals surface area contributed by atoms with E-state index in [9.17, 15) is 4.79 Å². The molecule has 0 saturated carbocycles. The summed E-state index contributed by atoms with van der Waals surface area (Å²) in [5, 5.41) is 2.61. The van der Waals surface area contributed by atoms with Crippen molar-refractivity contribution in [2.24, 2.45) is 5.73 Å². The van der Waals surface area contributed by atoms with Gasteiger partial charge >= 0.3 is 0 Å². The average Bonchev–Trinajstić information content (AvgIpc) is 2.29. The number of thioether (sulfide) groups is 1. The van der Waals surface area contributed by atoms with E-state index in [1.807, 2.05) is 31.2 Å². The summed E-state index contributed by atoms with van der Waals surface area (Å²) in [6.07, 6.45) is 0.552. The highest BCUT2D eigenvalue weighted by atomic mass is 32.2. The topological polar surface area (TPSA) is 55.1 Å². The molecule has 1 aromatic carbocycles. The summed E-state index contributed by atoms with van der Waals surface area (Å²) in [7, 11) is 1.66. The van der Waals surface area contributed by atoms with Crippen LogP contribution in [-0.4, -0.2) is 18.7 Å². The number of carbonyl (C=O) groups is 1. The molecule has 1 atom stereocenters. The zero-order valence-electron chi connectivity index (χ0n) is 9.69. The average molecular weight is 238 g/mol. The van der Waals surface area contributed by atoms with Crippen molar-refractivity contribution in [3.05, 3.63) is 29.8 Å². The number of hydrogen-bond acceptors (Lipinski definition) is 3. The maximum atomic E-state index is 11.0. The zero-order chi connectivity index (χ0) is 12.0. The number of amides is 1. The lowest BCUT2D eigenvalue weighted by Crippen LogP contribution is -2.17. The van der Waals surface area contributed by atoms with Crippen LogP contribution < -0.4 is 11.1 Å². The van der Waals surface area contributed by atoms with E-state index in [4.69, 9.17) is 5.73 Å². The molecule has 1 amide bonds. The van der Waals surface area contributed by atoms with Crippen molar-refractivity contribution in [1.29, 1.82) is 0 Å². The third kappa shape index (κ3) is 4.24. The molecule has 1 aromatic rings. The summed E-state index contributed by atoms with van der Waals surface area (Å²) >= 11 is 1.68. The minimum Gasteiger partial charge on any atom is -0.359 e. The first kappa shape index (κ1) is 13.1. The molecule has 1 unspecified atom stereocenters. The summed E-state index contributed by atoms with van der Waals surface area (Å²) in [6, 6.07) is 8.24. The van der Waals surface area contributed by atoms with Crippen molar-refractivity contribution < 1.29 is 4.79 Å². The molecule has 88 valence electrons. The van der Waals surface area contributed by atoms with Gasteiger partial charge in [0.05, 0.1) is 0 Å². The van der Waals surface area contributed by atoms with Gasteiger partial charge in [-0.3, -0.25) is 4.79 Å². The van der Waals surface area contributed by atoms with Gasteiger partial charge in [0.25, 0.3) is 0 Å². The molecule has 0 bridgehead atoms. The highest BCUT2D eigenvalue weighted by molar-refractivity contribution is 7.99. The van der Waals surface area contributed by atoms with Crippen molar-refractivity contribution in [3.63, 3.8) is 0 Å². The number of hydrogen-bond donors (Lipinski definition) is 2. The van der Waals surface area contributed by atoms with E-state index in [-0.39, 0.29) is 11.9 Å². The van der Waals surface area contributed by atoms with Crippen LogP contribution in [-0.2, 0) is 4.79 Å². The second kappa shape index (κ2) is 6.55. The Kier molecular flexibility index (Phi) is 5.35. The third-order valence-corrected chi connectivity index (χ3v) is 3.30. The van der Waals surface area contributed by atoms with Gasteiger partial charge in [-0.25, -0.2) is 0 Å². The maximum Gasteiger partial charge on any atom is 0.220 e. The third-order valence-electron chi connectivity index (χ3n) is 2.28. The quantitative estimate of drug-likeness (QED) is 0.771. The molecule has 3 N–H and O–H groups in total. The molecule has 0 spiro atoms. The van der Waals surface area contributed by atoms with Crippen LogP contribution in [0.3, 0.4) is 0 Å². The standard InChI is InChI=1S/C12H18N2OS/c1-9(13)10-3-5-11(6-4-10)16-8-7-12(15)14-2/h3-6,9H,7-8,13H2,1-2H3,(H,14,15). The van der Waals surface area contributed by atoms with Gasteiger partial charge < -0.3 is 11.1 Å². The number of benzene rings is 1. The molecule has 0 aliphatic carbocycles. The van der Waals surface area contributed by atoms with E-state index in [0.29, 0.717) is 6.42 Å². The maximum absolute atomic E-state index is 11.0. The largest absolute Gasteiger partial charge is 0.359 e. The number of carbonyl (C=O) groups excluding carboxylic acids is 1. The smallest absolute Gasteiger partial charge is 0.220 e. The molecule has 1 rings (SSSR count). The van der Waals surface area contributed by atoms with Gasteiger partial charge in [-0.15, -0.1) is 11.8 Å². The first-order valence-electron chi connectivity index (χ1n) is 5.32. The first-order chi connectivity index (χ1) is 7.63. The molecule has 0 fully saturated rings. The molecule has 0 aromatic heterocycles. The molecule has 0 aliphatic heterocycles. The van der Waals surface area contributed by atoms with E-state index in [1.54, 1.807) is 18.8 Å². The van der Waals surface area contributed by atoms with Gasteiger partial charge in [0.15, 0.2) is 0 Å². The fraction of sp³-hybridized carbons (Fsp3) is 0.417. The molecule has 0 heterocycles. The van der Waals surface area contributed by atoms with Crippen molar-refractivity contribution >= 4 is 17.7 Å². The van der Waals surface area contributed by atoms with E-state index >= 15 is 0 Å². The molecule has 3 nitrogen and oxygen atoms in total. The Labute approximate surface area is 101 Å². The molecule has 16 heavy (non-hydrogen) atoms. The van der Waals surface area contributed by atoms with Crippen LogP contribution in [0.1, 0.15) is 24.9 Å². The molecule has 4 heteroatoms. The van der Waals surface area contributed by atoms with Crippen molar-refractivity contribution in [2.45, 2.75) is 24.3 Å². The Morgan fingerprint density at radius 2 is 2.06 bits per heavy atom. The molecular weight excluding hydrogens is 220 g/mol. The normalized spacial score (nSPS) is 12.2.